The molecule has 0 N–H and O–H groups in total. The SMILES string of the molecule is c1ccc(N(P2Oc3ccc(C45CC6CC(CC(C6)C4)C5)cc3O2)C23CC4CC(CC(C4)C2)C3)cc1. The Kier molecular flexibility index (Phi) is 4.38. The summed E-state index contributed by atoms with van der Waals surface area (Å²) in [4.78, 5) is 0. The summed E-state index contributed by atoms with van der Waals surface area (Å²) in [6, 6.07) is 18.2. The zero-order chi connectivity index (χ0) is 23.5. The lowest BCUT2D eigenvalue weighted by Crippen LogP contribution is -2.59. The highest BCUT2D eigenvalue weighted by atomic mass is 31.2. The third-order valence-corrected chi connectivity index (χ3v) is 13.3. The standard InChI is InChI=1S/C32H38NO2P/c1-2-4-28(5-3-1)33(32-18-24-11-25(19-32)13-26(12-24)20-32)36-34-29-7-6-27(14-30(29)35-36)31-15-21-8-22(16-31)10-23(9-21)17-31/h1-7,14,21-26H,8-13,15-20H2. The molecule has 2 aromatic carbocycles. The molecule has 0 radical (unpaired) electrons. The van der Waals surface area contributed by atoms with Gasteiger partial charge < -0.3 is 9.05 Å². The highest BCUT2D eigenvalue weighted by molar-refractivity contribution is 7.50. The second-order valence-corrected chi connectivity index (χ2v) is 15.3. The average molecular weight is 500 g/mol. The molecule has 8 aliphatic carbocycles. The number of benzene rings is 2. The molecule has 188 valence electrons. The van der Waals surface area contributed by atoms with Gasteiger partial charge in [0.15, 0.2) is 11.5 Å². The molecule has 0 aromatic heterocycles. The second kappa shape index (κ2) is 7.43. The maximum atomic E-state index is 6.89. The van der Waals surface area contributed by atoms with Gasteiger partial charge in [-0.15, -0.1) is 0 Å². The predicted molar refractivity (Wildman–Crippen MR) is 144 cm³/mol. The summed E-state index contributed by atoms with van der Waals surface area (Å²) in [5, 5.41) is 0. The van der Waals surface area contributed by atoms with Crippen molar-refractivity contribution in [1.82, 2.24) is 0 Å². The molecule has 11 rings (SSSR count). The van der Waals surface area contributed by atoms with Crippen LogP contribution in [-0.4, -0.2) is 5.54 Å². The summed E-state index contributed by atoms with van der Waals surface area (Å²) >= 11 is 0. The van der Waals surface area contributed by atoms with Crippen molar-refractivity contribution >= 4 is 14.2 Å². The van der Waals surface area contributed by atoms with E-state index in [1.807, 2.05) is 0 Å². The molecule has 1 unspecified atom stereocenters. The first-order valence-corrected chi connectivity index (χ1v) is 15.9. The Bertz CT molecular complexity index is 1120. The highest BCUT2D eigenvalue weighted by Gasteiger charge is 2.58. The summed E-state index contributed by atoms with van der Waals surface area (Å²) in [7, 11) is -1.18. The average Bonchev–Trinajstić information content (AvgIpc) is 3.25. The Labute approximate surface area is 216 Å². The minimum atomic E-state index is -1.18. The largest absolute Gasteiger partial charge is 0.419 e. The monoisotopic (exact) mass is 499 g/mol. The molecule has 8 fully saturated rings. The molecule has 1 atom stereocenters. The molecule has 2 aromatic rings. The second-order valence-electron chi connectivity index (χ2n) is 14.1. The maximum absolute atomic E-state index is 6.89. The fraction of sp³-hybridized carbons (Fsp3) is 0.625. The third kappa shape index (κ3) is 3.08. The van der Waals surface area contributed by atoms with E-state index in [9.17, 15) is 0 Å². The minimum Gasteiger partial charge on any atom is -0.419 e. The van der Waals surface area contributed by atoms with E-state index in [2.05, 4.69) is 53.2 Å². The zero-order valence-electron chi connectivity index (χ0n) is 21.3. The summed E-state index contributed by atoms with van der Waals surface area (Å²) in [6.07, 6.45) is 17.0. The molecular weight excluding hydrogens is 461 g/mol. The highest BCUT2D eigenvalue weighted by Crippen LogP contribution is 2.67. The van der Waals surface area contributed by atoms with Crippen LogP contribution >= 0.6 is 8.53 Å². The Balaban J connectivity index is 1.06. The van der Waals surface area contributed by atoms with E-state index < -0.39 is 8.53 Å². The van der Waals surface area contributed by atoms with Crippen molar-refractivity contribution in [2.75, 3.05) is 4.67 Å². The molecule has 1 aliphatic heterocycles. The van der Waals surface area contributed by atoms with E-state index in [4.69, 9.17) is 9.05 Å². The van der Waals surface area contributed by atoms with Crippen molar-refractivity contribution < 1.29 is 9.05 Å². The topological polar surface area (TPSA) is 21.7 Å². The molecule has 36 heavy (non-hydrogen) atoms. The first-order chi connectivity index (χ1) is 17.6. The van der Waals surface area contributed by atoms with Gasteiger partial charge in [-0.25, -0.2) is 0 Å². The van der Waals surface area contributed by atoms with Crippen LogP contribution < -0.4 is 13.7 Å². The van der Waals surface area contributed by atoms with E-state index in [1.165, 1.54) is 82.7 Å². The lowest BCUT2D eigenvalue weighted by atomic mass is 9.48. The summed E-state index contributed by atoms with van der Waals surface area (Å²) in [5.41, 5.74) is 3.44. The van der Waals surface area contributed by atoms with Crippen LogP contribution in [0.1, 0.15) is 82.6 Å². The van der Waals surface area contributed by atoms with E-state index in [-0.39, 0.29) is 5.54 Å². The first-order valence-electron chi connectivity index (χ1n) is 14.8. The van der Waals surface area contributed by atoms with Gasteiger partial charge in [-0.1, -0.05) is 24.3 Å². The molecule has 0 amide bonds. The molecule has 1 heterocycles. The smallest absolute Gasteiger partial charge is 0.417 e. The van der Waals surface area contributed by atoms with Crippen LogP contribution in [0.5, 0.6) is 11.5 Å². The van der Waals surface area contributed by atoms with Gasteiger partial charge in [0.1, 0.15) is 0 Å². The van der Waals surface area contributed by atoms with Crippen LogP contribution in [0.2, 0.25) is 0 Å². The number of hydrogen-bond donors (Lipinski definition) is 0. The van der Waals surface area contributed by atoms with E-state index in [0.29, 0.717) is 5.41 Å². The minimum absolute atomic E-state index is 0.201. The molecule has 9 aliphatic rings. The molecule has 8 bridgehead atoms. The predicted octanol–water partition coefficient (Wildman–Crippen LogP) is 8.63. The maximum Gasteiger partial charge on any atom is 0.417 e. The van der Waals surface area contributed by atoms with Gasteiger partial charge in [0.25, 0.3) is 0 Å². The lowest BCUT2D eigenvalue weighted by molar-refractivity contribution is -0.00524. The van der Waals surface area contributed by atoms with Gasteiger partial charge in [-0.2, -0.15) is 0 Å². The first kappa shape index (κ1) is 21.2. The Morgan fingerprint density at radius 2 is 1.14 bits per heavy atom. The molecule has 0 saturated heterocycles. The van der Waals surface area contributed by atoms with Crippen LogP contribution in [0.25, 0.3) is 0 Å². The number of hydrogen-bond acceptors (Lipinski definition) is 3. The fourth-order valence-electron chi connectivity index (χ4n) is 11.2. The molecule has 3 nitrogen and oxygen atoms in total. The van der Waals surface area contributed by atoms with Gasteiger partial charge in [-0.05, 0) is 148 Å². The van der Waals surface area contributed by atoms with Crippen LogP contribution in [0.15, 0.2) is 48.5 Å². The van der Waals surface area contributed by atoms with E-state index in [1.54, 1.807) is 5.56 Å². The van der Waals surface area contributed by atoms with Gasteiger partial charge in [0, 0.05) is 5.69 Å². The van der Waals surface area contributed by atoms with Crippen molar-refractivity contribution in [1.29, 1.82) is 0 Å². The van der Waals surface area contributed by atoms with Crippen LogP contribution in [0, 0.1) is 35.5 Å². The molecule has 0 spiro atoms. The van der Waals surface area contributed by atoms with Gasteiger partial charge in [-0.3, -0.25) is 4.67 Å². The van der Waals surface area contributed by atoms with E-state index in [0.717, 1.165) is 47.0 Å². The van der Waals surface area contributed by atoms with Gasteiger partial charge >= 0.3 is 8.53 Å². The van der Waals surface area contributed by atoms with Crippen molar-refractivity contribution in [2.45, 2.75) is 88.0 Å². The van der Waals surface area contributed by atoms with Crippen molar-refractivity contribution in [3.63, 3.8) is 0 Å². The van der Waals surface area contributed by atoms with Crippen molar-refractivity contribution in [3.05, 3.63) is 54.1 Å². The number of rotatable bonds is 4. The van der Waals surface area contributed by atoms with Crippen LogP contribution in [-0.2, 0) is 5.41 Å². The summed E-state index contributed by atoms with van der Waals surface area (Å²) < 4.78 is 16.3. The number of anilines is 1. The normalized spacial score (nSPS) is 44.8. The van der Waals surface area contributed by atoms with Gasteiger partial charge in [0.05, 0.1) is 5.54 Å². The molecule has 4 heteroatoms. The number of para-hydroxylation sites is 1. The van der Waals surface area contributed by atoms with Crippen LogP contribution in [0.3, 0.4) is 0 Å². The number of fused-ring (bicyclic) bond motifs is 1. The van der Waals surface area contributed by atoms with Crippen LogP contribution in [0.4, 0.5) is 5.69 Å². The lowest BCUT2D eigenvalue weighted by Gasteiger charge is -2.60. The fourth-order valence-corrected chi connectivity index (χ4v) is 12.9. The zero-order valence-corrected chi connectivity index (χ0v) is 22.2. The Morgan fingerprint density at radius 1 is 0.611 bits per heavy atom. The quantitative estimate of drug-likeness (QED) is 0.393. The summed E-state index contributed by atoms with van der Waals surface area (Å²) in [6.45, 7) is 0. The Morgan fingerprint density at radius 3 is 1.72 bits per heavy atom. The van der Waals surface area contributed by atoms with Crippen molar-refractivity contribution in [3.8, 4) is 11.5 Å². The number of nitrogens with zero attached hydrogens (tertiary/aromatic N) is 1. The third-order valence-electron chi connectivity index (χ3n) is 11.6. The summed E-state index contributed by atoms with van der Waals surface area (Å²) in [5.74, 6) is 7.55. The van der Waals surface area contributed by atoms with E-state index >= 15 is 0 Å². The van der Waals surface area contributed by atoms with Gasteiger partial charge in [0.2, 0.25) is 0 Å². The molecule has 8 saturated carbocycles. The van der Waals surface area contributed by atoms with Crippen molar-refractivity contribution in [2.24, 2.45) is 35.5 Å². The molecular formula is C32H38NO2P. The Hall–Kier alpha value is -1.73.